The van der Waals surface area contributed by atoms with Crippen molar-refractivity contribution in [3.05, 3.63) is 47.5 Å². The second-order valence-corrected chi connectivity index (χ2v) is 4.17. The van der Waals surface area contributed by atoms with E-state index in [-0.39, 0.29) is 5.91 Å². The van der Waals surface area contributed by atoms with Gasteiger partial charge in [-0.2, -0.15) is 0 Å². The topological polar surface area (TPSA) is 83.8 Å². The third-order valence-corrected chi connectivity index (χ3v) is 2.69. The fourth-order valence-electron chi connectivity index (χ4n) is 1.69. The third-order valence-electron chi connectivity index (χ3n) is 2.69. The minimum Gasteiger partial charge on any atom is -0.398 e. The number of nitrogens with two attached hydrogens (primary N) is 1. The molecule has 1 amide bonds. The number of benzene rings is 1. The van der Waals surface area contributed by atoms with Gasteiger partial charge in [-0.25, -0.2) is 4.98 Å². The molecule has 0 bridgehead atoms. The van der Waals surface area contributed by atoms with Gasteiger partial charge >= 0.3 is 0 Å². The van der Waals surface area contributed by atoms with Crippen LogP contribution in [0.4, 0.5) is 5.69 Å². The molecule has 0 aliphatic carbocycles. The number of hydrogen-bond acceptors (Lipinski definition) is 3. The van der Waals surface area contributed by atoms with Gasteiger partial charge in [-0.3, -0.25) is 4.79 Å². The van der Waals surface area contributed by atoms with Crippen LogP contribution in [-0.4, -0.2) is 22.4 Å². The highest BCUT2D eigenvalue weighted by molar-refractivity contribution is 5.99. The Kier molecular flexibility index (Phi) is 3.62. The summed E-state index contributed by atoms with van der Waals surface area (Å²) in [5, 5.41) is 2.84. The molecule has 0 aliphatic rings. The number of hydrogen-bond donors (Lipinski definition) is 3. The summed E-state index contributed by atoms with van der Waals surface area (Å²) in [6, 6.07) is 5.43. The van der Waals surface area contributed by atoms with Crippen molar-refractivity contribution in [2.45, 2.75) is 13.3 Å². The fraction of sp³-hybridized carbons (Fsp3) is 0.231. The maximum Gasteiger partial charge on any atom is 0.253 e. The summed E-state index contributed by atoms with van der Waals surface area (Å²) >= 11 is 0. The Morgan fingerprint density at radius 2 is 2.33 bits per heavy atom. The molecule has 4 N–H and O–H groups in total. The Labute approximate surface area is 105 Å². The smallest absolute Gasteiger partial charge is 0.253 e. The van der Waals surface area contributed by atoms with Crippen molar-refractivity contribution >= 4 is 11.6 Å². The summed E-state index contributed by atoms with van der Waals surface area (Å²) in [4.78, 5) is 18.8. The highest BCUT2D eigenvalue weighted by Gasteiger charge is 2.09. The van der Waals surface area contributed by atoms with E-state index < -0.39 is 0 Å². The number of imidazole rings is 1. The SMILES string of the molecule is Cc1ccc(N)c(C(=O)NCCc2cnc[nH]2)c1. The number of nitrogens with one attached hydrogen (secondary N) is 2. The monoisotopic (exact) mass is 244 g/mol. The third kappa shape index (κ3) is 2.88. The van der Waals surface area contributed by atoms with Crippen molar-refractivity contribution in [3.8, 4) is 0 Å². The number of carbonyl (C=O) groups is 1. The number of carbonyl (C=O) groups excluding carboxylic acids is 1. The molecule has 5 heteroatoms. The molecule has 0 saturated heterocycles. The quantitative estimate of drug-likeness (QED) is 0.708. The summed E-state index contributed by atoms with van der Waals surface area (Å²) < 4.78 is 0. The zero-order chi connectivity index (χ0) is 13.0. The van der Waals surface area contributed by atoms with Crippen LogP contribution in [0.5, 0.6) is 0 Å². The summed E-state index contributed by atoms with van der Waals surface area (Å²) in [6.07, 6.45) is 4.08. The molecule has 94 valence electrons. The summed E-state index contributed by atoms with van der Waals surface area (Å²) in [5.74, 6) is -0.143. The number of anilines is 1. The molecule has 2 rings (SSSR count). The molecule has 0 saturated carbocycles. The van der Waals surface area contributed by atoms with Crippen LogP contribution >= 0.6 is 0 Å². The van der Waals surface area contributed by atoms with Gasteiger partial charge in [0.2, 0.25) is 0 Å². The van der Waals surface area contributed by atoms with Crippen molar-refractivity contribution in [1.82, 2.24) is 15.3 Å². The Morgan fingerprint density at radius 3 is 3.06 bits per heavy atom. The van der Waals surface area contributed by atoms with Gasteiger partial charge in [-0.05, 0) is 19.1 Å². The van der Waals surface area contributed by atoms with Crippen LogP contribution in [0.15, 0.2) is 30.7 Å². The lowest BCUT2D eigenvalue weighted by Gasteiger charge is -2.07. The molecule has 0 radical (unpaired) electrons. The molecule has 1 heterocycles. The van der Waals surface area contributed by atoms with E-state index in [4.69, 9.17) is 5.73 Å². The van der Waals surface area contributed by atoms with Gasteiger partial charge in [0.05, 0.1) is 11.9 Å². The van der Waals surface area contributed by atoms with Gasteiger partial charge < -0.3 is 16.0 Å². The van der Waals surface area contributed by atoms with E-state index >= 15 is 0 Å². The second-order valence-electron chi connectivity index (χ2n) is 4.17. The van der Waals surface area contributed by atoms with E-state index in [1.807, 2.05) is 13.0 Å². The van der Waals surface area contributed by atoms with Gasteiger partial charge in [0.15, 0.2) is 0 Å². The number of rotatable bonds is 4. The molecule has 1 aromatic carbocycles. The largest absolute Gasteiger partial charge is 0.398 e. The van der Waals surface area contributed by atoms with Gasteiger partial charge in [-0.1, -0.05) is 11.6 Å². The average molecular weight is 244 g/mol. The van der Waals surface area contributed by atoms with Gasteiger partial charge in [-0.15, -0.1) is 0 Å². The van der Waals surface area contributed by atoms with Crippen molar-refractivity contribution in [2.75, 3.05) is 12.3 Å². The molecule has 5 nitrogen and oxygen atoms in total. The van der Waals surface area contributed by atoms with Crippen LogP contribution in [0, 0.1) is 6.92 Å². The maximum absolute atomic E-state index is 11.9. The van der Waals surface area contributed by atoms with E-state index in [1.54, 1.807) is 24.7 Å². The molecule has 1 aromatic heterocycles. The highest BCUT2D eigenvalue weighted by atomic mass is 16.1. The first kappa shape index (κ1) is 12.2. The van der Waals surface area contributed by atoms with Crippen molar-refractivity contribution < 1.29 is 4.79 Å². The van der Waals surface area contributed by atoms with E-state index in [9.17, 15) is 4.79 Å². The molecule has 18 heavy (non-hydrogen) atoms. The van der Waals surface area contributed by atoms with E-state index in [2.05, 4.69) is 15.3 Å². The van der Waals surface area contributed by atoms with Gasteiger partial charge in [0.25, 0.3) is 5.91 Å². The van der Waals surface area contributed by atoms with Crippen molar-refractivity contribution in [3.63, 3.8) is 0 Å². The fourth-order valence-corrected chi connectivity index (χ4v) is 1.69. The molecule has 0 spiro atoms. The first-order chi connectivity index (χ1) is 8.66. The zero-order valence-electron chi connectivity index (χ0n) is 10.2. The van der Waals surface area contributed by atoms with Crippen molar-refractivity contribution in [2.24, 2.45) is 0 Å². The number of nitrogens with zero attached hydrogens (tertiary/aromatic N) is 1. The molecule has 0 unspecified atom stereocenters. The summed E-state index contributed by atoms with van der Waals surface area (Å²) in [7, 11) is 0. The second kappa shape index (κ2) is 5.35. The van der Waals surface area contributed by atoms with Crippen LogP contribution in [0.1, 0.15) is 21.6 Å². The van der Waals surface area contributed by atoms with Crippen molar-refractivity contribution in [1.29, 1.82) is 0 Å². The van der Waals surface area contributed by atoms with Gasteiger partial charge in [0, 0.05) is 30.5 Å². The zero-order valence-corrected chi connectivity index (χ0v) is 10.2. The lowest BCUT2D eigenvalue weighted by atomic mass is 10.1. The standard InChI is InChI=1S/C13H16N4O/c1-9-2-3-12(14)11(6-9)13(18)16-5-4-10-7-15-8-17-10/h2-3,6-8H,4-5,14H2,1H3,(H,15,17)(H,16,18). The predicted octanol–water partition coefficient (Wildman–Crippen LogP) is 1.27. The summed E-state index contributed by atoms with van der Waals surface area (Å²) in [5.41, 5.74) is 8.82. The average Bonchev–Trinajstić information content (AvgIpc) is 2.85. The number of H-pyrrole nitrogens is 1. The van der Waals surface area contributed by atoms with Crippen LogP contribution in [0.2, 0.25) is 0 Å². The lowest BCUT2D eigenvalue weighted by molar-refractivity contribution is 0.0955. The number of aromatic nitrogens is 2. The Bertz CT molecular complexity index is 534. The van der Waals surface area contributed by atoms with E-state index in [1.165, 1.54) is 0 Å². The molecule has 0 aliphatic heterocycles. The van der Waals surface area contributed by atoms with Gasteiger partial charge in [0.1, 0.15) is 0 Å². The number of aromatic amines is 1. The van der Waals surface area contributed by atoms with Crippen LogP contribution < -0.4 is 11.1 Å². The first-order valence-corrected chi connectivity index (χ1v) is 5.78. The van der Waals surface area contributed by atoms with E-state index in [0.717, 1.165) is 17.7 Å². The van der Waals surface area contributed by atoms with Crippen LogP contribution in [0.25, 0.3) is 0 Å². The number of aryl methyl sites for hydroxylation is 1. The minimum absolute atomic E-state index is 0.143. The predicted molar refractivity (Wildman–Crippen MR) is 70.2 cm³/mol. The number of amides is 1. The minimum atomic E-state index is -0.143. The normalized spacial score (nSPS) is 10.3. The van der Waals surface area contributed by atoms with E-state index in [0.29, 0.717) is 17.8 Å². The first-order valence-electron chi connectivity index (χ1n) is 5.78. The maximum atomic E-state index is 11.9. The lowest BCUT2D eigenvalue weighted by Crippen LogP contribution is -2.26. The molecule has 0 atom stereocenters. The molecule has 2 aromatic rings. The van der Waals surface area contributed by atoms with Crippen LogP contribution in [-0.2, 0) is 6.42 Å². The Balaban J connectivity index is 1.93. The highest BCUT2D eigenvalue weighted by Crippen LogP contribution is 2.13. The molecule has 0 fully saturated rings. The molecular weight excluding hydrogens is 228 g/mol. The Hall–Kier alpha value is -2.30. The number of nitrogen functional groups attached to an aromatic ring is 1. The molecular formula is C13H16N4O. The summed E-state index contributed by atoms with van der Waals surface area (Å²) in [6.45, 7) is 2.48. The Morgan fingerprint density at radius 1 is 1.50 bits per heavy atom. The van der Waals surface area contributed by atoms with Crippen LogP contribution in [0.3, 0.4) is 0 Å².